The Morgan fingerprint density at radius 2 is 2.44 bits per heavy atom. The van der Waals surface area contributed by atoms with Crippen molar-refractivity contribution in [3.05, 3.63) is 35.9 Å². The lowest BCUT2D eigenvalue weighted by molar-refractivity contribution is 0.147. The summed E-state index contributed by atoms with van der Waals surface area (Å²) in [5.74, 6) is -3.85. The van der Waals surface area contributed by atoms with Crippen molar-refractivity contribution in [3.8, 4) is 0 Å². The van der Waals surface area contributed by atoms with Gasteiger partial charge in [-0.25, -0.2) is 0 Å². The lowest BCUT2D eigenvalue weighted by atomic mass is 9.93. The van der Waals surface area contributed by atoms with Gasteiger partial charge in [0.15, 0.2) is 0 Å². The third-order valence-electron chi connectivity index (χ3n) is 2.12. The molecule has 2 rings (SSSR count). The van der Waals surface area contributed by atoms with Crippen LogP contribution in [0.1, 0.15) is 38.0 Å². The largest absolute Gasteiger partial charge is 0.315 e. The van der Waals surface area contributed by atoms with E-state index in [1.807, 2.05) is 0 Å². The fourth-order valence-electron chi connectivity index (χ4n) is 1.34. The Bertz CT molecular complexity index is 773. The van der Waals surface area contributed by atoms with Crippen LogP contribution in [0.4, 0.5) is 0 Å². The monoisotopic (exact) mass is 232 g/mol. The van der Waals surface area contributed by atoms with Crippen LogP contribution in [0.25, 0.3) is 0 Å². The van der Waals surface area contributed by atoms with Crippen molar-refractivity contribution in [2.45, 2.75) is 25.8 Å². The molecule has 1 aromatic rings. The summed E-state index contributed by atoms with van der Waals surface area (Å²) in [6.07, 6.45) is -3.70. The number of hydrogen-bond donors (Lipinski definition) is 1. The second-order valence-corrected chi connectivity index (χ2v) is 3.30. The van der Waals surface area contributed by atoms with Crippen LogP contribution in [0, 0.1) is 5.89 Å². The maximum absolute atomic E-state index is 8.58. The van der Waals surface area contributed by atoms with Crippen molar-refractivity contribution in [1.82, 2.24) is 10.2 Å². The maximum Gasteiger partial charge on any atom is 0.0481 e. The van der Waals surface area contributed by atoms with Crippen LogP contribution < -0.4 is 5.32 Å². The van der Waals surface area contributed by atoms with Gasteiger partial charge in [0, 0.05) is 38.3 Å². The first-order valence-corrected chi connectivity index (χ1v) is 4.78. The Morgan fingerprint density at radius 1 is 1.56 bits per heavy atom. The van der Waals surface area contributed by atoms with E-state index in [0.717, 1.165) is 0 Å². The number of nitrogens with one attached hydrogen (secondary N) is 1. The number of nitrogens with zero attached hydrogens (tertiary/aromatic N) is 1. The predicted octanol–water partition coefficient (Wildman–Crippen LogP) is 2.12. The molecule has 0 amide bonds. The van der Waals surface area contributed by atoms with Crippen molar-refractivity contribution in [2.24, 2.45) is 5.89 Å². The highest BCUT2D eigenvalue weighted by Gasteiger charge is 2.24. The summed E-state index contributed by atoms with van der Waals surface area (Å²) in [4.78, 5) is 0.263. The summed E-state index contributed by atoms with van der Waals surface area (Å²) in [7, 11) is 0. The van der Waals surface area contributed by atoms with Gasteiger partial charge in [-0.15, -0.1) is 0 Å². The van der Waals surface area contributed by atoms with Gasteiger partial charge in [-0.1, -0.05) is 37.2 Å². The average molecular weight is 232 g/mol. The molecule has 1 aliphatic rings. The van der Waals surface area contributed by atoms with E-state index in [1.54, 1.807) is 18.2 Å². The molecular weight excluding hydrogens is 196 g/mol. The zero-order valence-corrected chi connectivity index (χ0v) is 8.54. The molecule has 2 atom stereocenters. The number of likely N-dealkylation sites (tertiary alicyclic amines) is 1. The van der Waals surface area contributed by atoms with Gasteiger partial charge in [0.05, 0.1) is 0 Å². The number of likely N-dealkylation sites (N-methyl/N-ethyl adjacent to an activating group) is 1. The predicted molar refractivity (Wildman–Crippen MR) is 68.3 cm³/mol. The van der Waals surface area contributed by atoms with Crippen molar-refractivity contribution in [2.75, 3.05) is 20.0 Å². The third-order valence-corrected chi connectivity index (χ3v) is 2.12. The van der Waals surface area contributed by atoms with Crippen LogP contribution in [-0.2, 0) is 6.54 Å². The Morgan fingerprint density at radius 3 is 3.19 bits per heavy atom. The minimum absolute atomic E-state index is 0.263. The number of hydrogen-bond acceptors (Lipinski definition) is 2. The number of piperidine rings is 1. The quantitative estimate of drug-likeness (QED) is 0.859. The molecule has 88 valence electrons. The minimum Gasteiger partial charge on any atom is -0.315 e. The summed E-state index contributed by atoms with van der Waals surface area (Å²) in [5, 5.41) is 1.53. The Labute approximate surface area is 118 Å². The molecule has 0 spiro atoms. The summed E-state index contributed by atoms with van der Waals surface area (Å²) < 4.78 is 112. The van der Waals surface area contributed by atoms with E-state index in [-0.39, 0.29) is 4.90 Å². The van der Waals surface area contributed by atoms with Gasteiger partial charge in [-0.3, -0.25) is 4.90 Å². The van der Waals surface area contributed by atoms with Crippen molar-refractivity contribution in [3.63, 3.8) is 0 Å². The molecule has 0 aliphatic carbocycles. The van der Waals surface area contributed by atoms with E-state index in [0.29, 0.717) is 5.56 Å². The van der Waals surface area contributed by atoms with Crippen molar-refractivity contribution in [1.29, 1.82) is 0 Å². The molecule has 0 radical (unpaired) electrons. The van der Waals surface area contributed by atoms with E-state index in [2.05, 4.69) is 0 Å². The van der Waals surface area contributed by atoms with Gasteiger partial charge in [-0.05, 0) is 31.3 Å². The average Bonchev–Trinajstić information content (AvgIpc) is 2.55. The lowest BCUT2D eigenvalue weighted by Gasteiger charge is -2.37. The molecule has 2 unspecified atom stereocenters. The van der Waals surface area contributed by atoms with E-state index >= 15 is 0 Å². The molecule has 0 saturated carbocycles. The Balaban J connectivity index is 2.85. The van der Waals surface area contributed by atoms with E-state index in [9.17, 15) is 0 Å². The summed E-state index contributed by atoms with van der Waals surface area (Å²) in [6.45, 7) is -14.5. The van der Waals surface area contributed by atoms with Gasteiger partial charge in [0.1, 0.15) is 0 Å². The molecule has 0 aromatic heterocycles. The van der Waals surface area contributed by atoms with Gasteiger partial charge < -0.3 is 5.32 Å². The van der Waals surface area contributed by atoms with Gasteiger partial charge >= 0.3 is 0 Å². The first kappa shape index (κ1) is 3.33. The smallest absolute Gasteiger partial charge is 0.0481 e. The van der Waals surface area contributed by atoms with Gasteiger partial charge in [0.2, 0.25) is 0 Å². The first-order chi connectivity index (χ1) is 13.2. The SMILES string of the molecule is [2H]C([2H])([2H])NC1([2H])C([2H])([2H])N(Cc2ccccc2)C([2H])([2H])C([2H])([2H])C1([2H])C([2H])([2H])[2H]. The lowest BCUT2D eigenvalue weighted by Crippen LogP contribution is -2.48. The highest BCUT2D eigenvalue weighted by molar-refractivity contribution is 5.14. The molecule has 1 heterocycles. The summed E-state index contributed by atoms with van der Waals surface area (Å²) >= 11 is 0. The minimum atomic E-state index is -3.85. The van der Waals surface area contributed by atoms with Crippen molar-refractivity contribution >= 4 is 0 Å². The fraction of sp³-hybridized carbons (Fsp3) is 0.571. The van der Waals surface area contributed by atoms with E-state index in [1.165, 1.54) is 17.4 Å². The molecule has 2 nitrogen and oxygen atoms in total. The van der Waals surface area contributed by atoms with Crippen molar-refractivity contribution < 1.29 is 19.2 Å². The van der Waals surface area contributed by atoms with Gasteiger partial charge in [-0.2, -0.15) is 0 Å². The standard InChI is InChI=1S/C14H22N2/c1-12-8-9-16(11-14(12)15-2)10-13-6-4-3-5-7-13/h3-7,12,14-15H,8-11H2,1-2H3/i1D3,2D3,8D2,9D2,11D2,12D,14D. The van der Waals surface area contributed by atoms with Crippen LogP contribution in [0.15, 0.2) is 30.3 Å². The fourth-order valence-corrected chi connectivity index (χ4v) is 1.34. The maximum atomic E-state index is 8.58. The molecule has 1 saturated heterocycles. The summed E-state index contributed by atoms with van der Waals surface area (Å²) in [5.41, 5.74) is 0.309. The molecule has 0 bridgehead atoms. The molecule has 1 fully saturated rings. The van der Waals surface area contributed by atoms with E-state index in [4.69, 9.17) is 19.2 Å². The zero-order valence-electron chi connectivity index (χ0n) is 22.5. The van der Waals surface area contributed by atoms with Crippen LogP contribution >= 0.6 is 0 Å². The number of rotatable bonds is 3. The topological polar surface area (TPSA) is 15.3 Å². The Kier molecular flexibility index (Phi) is 1.14. The summed E-state index contributed by atoms with van der Waals surface area (Å²) in [6, 6.07) is 4.10. The highest BCUT2D eigenvalue weighted by atomic mass is 15.2. The van der Waals surface area contributed by atoms with Crippen LogP contribution in [0.3, 0.4) is 0 Å². The third kappa shape index (κ3) is 2.83. The molecule has 2 heteroatoms. The second-order valence-electron chi connectivity index (χ2n) is 3.30. The van der Waals surface area contributed by atoms with Crippen LogP contribution in [0.5, 0.6) is 0 Å². The molecule has 16 heavy (non-hydrogen) atoms. The molecule has 1 aromatic carbocycles. The second kappa shape index (κ2) is 5.46. The van der Waals surface area contributed by atoms with Gasteiger partial charge in [0.25, 0.3) is 0 Å². The molecule has 1 N–H and O–H groups in total. The zero-order chi connectivity index (χ0) is 23.6. The highest BCUT2D eigenvalue weighted by Crippen LogP contribution is 2.18. The molecular formula is C14H22N2. The number of benzene rings is 1. The molecule has 1 aliphatic heterocycles. The van der Waals surface area contributed by atoms with Crippen LogP contribution in [0.2, 0.25) is 0 Å². The van der Waals surface area contributed by atoms with E-state index < -0.39 is 51.7 Å². The van der Waals surface area contributed by atoms with Crippen LogP contribution in [-0.4, -0.2) is 30.9 Å². The normalized spacial score (nSPS) is 60.0. The Hall–Kier alpha value is -0.860. The first-order valence-electron chi connectivity index (χ1n) is 11.8.